The number of nitrogens with one attached hydrogen (secondary N) is 3. The van der Waals surface area contributed by atoms with E-state index < -0.39 is 12.0 Å². The van der Waals surface area contributed by atoms with Gasteiger partial charge in [0.05, 0.1) is 32.7 Å². The average Bonchev–Trinajstić information content (AvgIpc) is 3.81. The van der Waals surface area contributed by atoms with E-state index in [2.05, 4.69) is 15.6 Å². The molecule has 286 valence electrons. The Morgan fingerprint density at radius 3 is 2.35 bits per heavy atom. The first-order valence-electron chi connectivity index (χ1n) is 18.7. The number of aromatic nitrogens is 1. The highest BCUT2D eigenvalue weighted by Gasteiger charge is 2.48. The Balaban J connectivity index is 1.23. The van der Waals surface area contributed by atoms with E-state index in [9.17, 15) is 19.2 Å². The van der Waals surface area contributed by atoms with Crippen molar-refractivity contribution in [3.05, 3.63) is 89.6 Å². The first kappa shape index (κ1) is 38.2. The first-order chi connectivity index (χ1) is 26.1. The van der Waals surface area contributed by atoms with Gasteiger partial charge in [0.25, 0.3) is 5.91 Å². The number of hydrogen-bond donors (Lipinski definition) is 3. The van der Waals surface area contributed by atoms with Gasteiger partial charge in [-0.1, -0.05) is 36.4 Å². The highest BCUT2D eigenvalue weighted by atomic mass is 16.5. The number of methoxy groups -OCH3 is 2. The molecule has 4 amide bonds. The molecule has 54 heavy (non-hydrogen) atoms. The van der Waals surface area contributed by atoms with Crippen LogP contribution < -0.4 is 24.8 Å². The number of amides is 4. The van der Waals surface area contributed by atoms with Crippen molar-refractivity contribution in [2.24, 2.45) is 17.8 Å². The second-order valence-corrected chi connectivity index (χ2v) is 14.5. The van der Waals surface area contributed by atoms with Gasteiger partial charge in [-0.2, -0.15) is 0 Å². The number of hydrogen-bond acceptors (Lipinski definition) is 7. The van der Waals surface area contributed by atoms with Crippen molar-refractivity contribution in [2.75, 3.05) is 47.4 Å². The fourth-order valence-electron chi connectivity index (χ4n) is 7.94. The quantitative estimate of drug-likeness (QED) is 0.172. The summed E-state index contributed by atoms with van der Waals surface area (Å²) in [7, 11) is 4.70. The largest absolute Gasteiger partial charge is 0.496 e. The summed E-state index contributed by atoms with van der Waals surface area (Å²) in [5.41, 5.74) is 3.27. The molecule has 4 atom stereocenters. The van der Waals surface area contributed by atoms with E-state index in [4.69, 9.17) is 14.2 Å². The van der Waals surface area contributed by atoms with Gasteiger partial charge >= 0.3 is 0 Å². The van der Waals surface area contributed by atoms with Crippen LogP contribution in [0.1, 0.15) is 48.2 Å². The lowest BCUT2D eigenvalue weighted by atomic mass is 9.79. The molecule has 12 nitrogen and oxygen atoms in total. The minimum Gasteiger partial charge on any atom is -0.496 e. The number of aromatic amines is 1. The number of carbonyl (C=O) groups is 4. The van der Waals surface area contributed by atoms with Crippen molar-refractivity contribution < 1.29 is 33.4 Å². The number of H-pyrrole nitrogens is 1. The third-order valence-electron chi connectivity index (χ3n) is 10.6. The minimum absolute atomic E-state index is 0.0687. The van der Waals surface area contributed by atoms with E-state index in [1.165, 1.54) is 7.11 Å². The van der Waals surface area contributed by atoms with Crippen LogP contribution in [0.5, 0.6) is 17.2 Å². The zero-order valence-corrected chi connectivity index (χ0v) is 31.7. The van der Waals surface area contributed by atoms with Gasteiger partial charge in [0.15, 0.2) is 11.5 Å². The second-order valence-electron chi connectivity index (χ2n) is 14.5. The number of ether oxygens (including phenoxy) is 3. The normalized spacial score (nSPS) is 18.6. The molecule has 3 N–H and O–H groups in total. The zero-order chi connectivity index (χ0) is 38.4. The molecule has 1 aromatic heterocycles. The number of aryl methyl sites for hydroxylation is 1. The van der Waals surface area contributed by atoms with E-state index in [-0.39, 0.29) is 54.5 Å². The molecule has 3 unspecified atom stereocenters. The van der Waals surface area contributed by atoms with Gasteiger partial charge in [-0.3, -0.25) is 19.2 Å². The maximum Gasteiger partial charge on any atom is 0.254 e. The molecule has 6 rings (SSSR count). The average molecular weight is 738 g/mol. The van der Waals surface area contributed by atoms with Crippen molar-refractivity contribution >= 4 is 34.5 Å². The number of likely N-dealkylation sites (tertiary alicyclic amines) is 2. The van der Waals surface area contributed by atoms with Gasteiger partial charge < -0.3 is 39.6 Å². The Bertz CT molecular complexity index is 1960. The van der Waals surface area contributed by atoms with Crippen LogP contribution in [0.25, 0.3) is 10.9 Å². The molecule has 0 spiro atoms. The van der Waals surface area contributed by atoms with Crippen molar-refractivity contribution in [2.45, 2.75) is 51.7 Å². The molecule has 0 saturated carbocycles. The van der Waals surface area contributed by atoms with Gasteiger partial charge in [0.1, 0.15) is 11.8 Å². The van der Waals surface area contributed by atoms with Gasteiger partial charge in [-0.25, -0.2) is 0 Å². The lowest BCUT2D eigenvalue weighted by Gasteiger charge is -2.40. The molecular weight excluding hydrogens is 686 g/mol. The molecule has 4 aromatic rings. The van der Waals surface area contributed by atoms with Crippen LogP contribution in [0.15, 0.2) is 72.9 Å². The topological polar surface area (TPSA) is 142 Å². The number of nitrogens with zero attached hydrogens (tertiary/aromatic N) is 2. The fourth-order valence-corrected chi connectivity index (χ4v) is 7.94. The summed E-state index contributed by atoms with van der Waals surface area (Å²) in [6, 6.07) is 20.1. The van der Waals surface area contributed by atoms with Gasteiger partial charge in [-0.05, 0) is 86.4 Å². The zero-order valence-electron chi connectivity index (χ0n) is 31.7. The van der Waals surface area contributed by atoms with E-state index in [1.807, 2.05) is 68.6 Å². The molecule has 2 aliphatic heterocycles. The van der Waals surface area contributed by atoms with E-state index in [0.29, 0.717) is 55.3 Å². The van der Waals surface area contributed by atoms with E-state index in [0.717, 1.165) is 28.5 Å². The lowest BCUT2D eigenvalue weighted by Crippen LogP contribution is -2.56. The molecule has 3 aromatic carbocycles. The molecule has 0 aliphatic carbocycles. The van der Waals surface area contributed by atoms with Crippen LogP contribution in [0, 0.1) is 17.8 Å². The SMILES string of the molecule is CNC(=O)[C@H](CCCc1ccccc1)NC(=O)C1CN(C(=O)Cc2c[nH]c3cccc(OC)c23)CC2CN(C(=O)c3ccc(OC(C)C)c(OC)c3)CC21. The van der Waals surface area contributed by atoms with Crippen molar-refractivity contribution in [1.29, 1.82) is 0 Å². The van der Waals surface area contributed by atoms with Crippen LogP contribution in [0.2, 0.25) is 0 Å². The van der Waals surface area contributed by atoms with Crippen LogP contribution in [-0.2, 0) is 27.2 Å². The van der Waals surface area contributed by atoms with Crippen LogP contribution >= 0.6 is 0 Å². The molecular formula is C42H51N5O7. The van der Waals surface area contributed by atoms with Crippen LogP contribution in [0.4, 0.5) is 0 Å². The number of benzene rings is 3. The van der Waals surface area contributed by atoms with Crippen molar-refractivity contribution in [3.63, 3.8) is 0 Å². The summed E-state index contributed by atoms with van der Waals surface area (Å²) < 4.78 is 17.0. The number of carbonyl (C=O) groups excluding carboxylic acids is 4. The van der Waals surface area contributed by atoms with E-state index >= 15 is 0 Å². The Morgan fingerprint density at radius 2 is 1.63 bits per heavy atom. The Kier molecular flexibility index (Phi) is 12.1. The summed E-state index contributed by atoms with van der Waals surface area (Å²) in [4.78, 5) is 62.2. The standard InChI is InChI=1S/C42H51N5O7/c1-26(2)54-35-18-17-28(19-37(35)53-5)42(51)47-23-30-22-46(38(48)20-29-21-44-33-14-10-16-36(52-4)39(29)33)25-32(31(30)24-47)40(49)45-34(41(50)43-3)15-9-13-27-11-7-6-8-12-27/h6-8,10-12,14,16-19,21,26,30-32,34,44H,9,13,15,20,22-25H2,1-5H3,(H,43,50)(H,45,49)/t30?,31?,32?,34-/m0/s1. The summed E-state index contributed by atoms with van der Waals surface area (Å²) >= 11 is 0. The van der Waals surface area contributed by atoms with E-state index in [1.54, 1.807) is 42.2 Å². The predicted molar refractivity (Wildman–Crippen MR) is 206 cm³/mol. The summed E-state index contributed by atoms with van der Waals surface area (Å²) in [6.45, 7) is 5.13. The van der Waals surface area contributed by atoms with Crippen molar-refractivity contribution in [3.8, 4) is 17.2 Å². The van der Waals surface area contributed by atoms with Crippen LogP contribution in [0.3, 0.4) is 0 Å². The summed E-state index contributed by atoms with van der Waals surface area (Å²) in [6.07, 6.45) is 3.79. The molecule has 0 bridgehead atoms. The van der Waals surface area contributed by atoms with Gasteiger partial charge in [0, 0.05) is 55.9 Å². The molecule has 2 saturated heterocycles. The highest BCUT2D eigenvalue weighted by molar-refractivity contribution is 5.96. The van der Waals surface area contributed by atoms with Crippen LogP contribution in [-0.4, -0.2) is 98.0 Å². The Morgan fingerprint density at radius 1 is 0.870 bits per heavy atom. The van der Waals surface area contributed by atoms with Crippen molar-refractivity contribution in [1.82, 2.24) is 25.4 Å². The summed E-state index contributed by atoms with van der Waals surface area (Å²) in [5.74, 6) is -0.208. The predicted octanol–water partition coefficient (Wildman–Crippen LogP) is 4.62. The number of fused-ring (bicyclic) bond motifs is 2. The Labute approximate surface area is 316 Å². The number of piperidine rings is 1. The maximum absolute atomic E-state index is 14.3. The Hall–Kier alpha value is -5.52. The third kappa shape index (κ3) is 8.48. The van der Waals surface area contributed by atoms with Gasteiger partial charge in [0.2, 0.25) is 17.7 Å². The smallest absolute Gasteiger partial charge is 0.254 e. The fraction of sp³-hybridized carbons (Fsp3) is 0.429. The monoisotopic (exact) mass is 737 g/mol. The second kappa shape index (κ2) is 17.1. The molecule has 2 aliphatic rings. The molecule has 12 heteroatoms. The minimum atomic E-state index is -0.743. The summed E-state index contributed by atoms with van der Waals surface area (Å²) in [5, 5.41) is 6.60. The molecule has 3 heterocycles. The first-order valence-corrected chi connectivity index (χ1v) is 18.7. The number of likely N-dealkylation sites (N-methyl/N-ethyl adjacent to an activating group) is 1. The number of rotatable bonds is 14. The highest BCUT2D eigenvalue weighted by Crippen LogP contribution is 2.38. The van der Waals surface area contributed by atoms with Gasteiger partial charge in [-0.15, -0.1) is 0 Å². The third-order valence-corrected chi connectivity index (χ3v) is 10.6. The maximum atomic E-state index is 14.3. The molecule has 0 radical (unpaired) electrons. The molecule has 2 fully saturated rings. The lowest BCUT2D eigenvalue weighted by molar-refractivity contribution is -0.140.